The highest BCUT2D eigenvalue weighted by atomic mass is 16.3. The lowest BCUT2D eigenvalue weighted by Gasteiger charge is -2.22. The van der Waals surface area contributed by atoms with E-state index >= 15 is 0 Å². The van der Waals surface area contributed by atoms with E-state index in [1.807, 2.05) is 6.92 Å². The molecular formula is C13H23NO2. The zero-order valence-electron chi connectivity index (χ0n) is 10.6. The number of carbonyl (C=O) groups excluding carboxylic acids is 1. The maximum atomic E-state index is 12.1. The fourth-order valence-electron chi connectivity index (χ4n) is 3.02. The lowest BCUT2D eigenvalue weighted by Crippen LogP contribution is -2.35. The Balaban J connectivity index is 1.91. The molecule has 0 aromatic heterocycles. The summed E-state index contributed by atoms with van der Waals surface area (Å²) in [5, 5.41) is 9.88. The lowest BCUT2D eigenvalue weighted by molar-refractivity contribution is -0.127. The molecular weight excluding hydrogens is 202 g/mol. The summed E-state index contributed by atoms with van der Waals surface area (Å²) < 4.78 is 0. The van der Waals surface area contributed by atoms with Crippen molar-refractivity contribution < 1.29 is 9.90 Å². The first-order valence-electron chi connectivity index (χ1n) is 6.29. The summed E-state index contributed by atoms with van der Waals surface area (Å²) in [5.74, 6) is 0.614. The van der Waals surface area contributed by atoms with Crippen LogP contribution in [0.5, 0.6) is 0 Å². The molecule has 1 heterocycles. The molecule has 3 nitrogen and oxygen atoms in total. The topological polar surface area (TPSA) is 40.5 Å². The largest absolute Gasteiger partial charge is 0.389 e. The van der Waals surface area contributed by atoms with Gasteiger partial charge in [0.15, 0.2) is 0 Å². The average molecular weight is 225 g/mol. The second-order valence-corrected chi connectivity index (χ2v) is 6.47. The van der Waals surface area contributed by atoms with Crippen molar-refractivity contribution in [2.45, 2.75) is 45.6 Å². The number of likely N-dealkylation sites (tertiary alicyclic amines) is 1. The summed E-state index contributed by atoms with van der Waals surface area (Å²) in [4.78, 5) is 14.3. The maximum absolute atomic E-state index is 12.1. The van der Waals surface area contributed by atoms with E-state index in [-0.39, 0.29) is 11.3 Å². The van der Waals surface area contributed by atoms with Crippen LogP contribution in [0.1, 0.15) is 40.0 Å². The Morgan fingerprint density at radius 3 is 2.50 bits per heavy atom. The third-order valence-electron chi connectivity index (χ3n) is 4.17. The molecule has 1 aliphatic heterocycles. The first-order valence-corrected chi connectivity index (χ1v) is 6.29. The van der Waals surface area contributed by atoms with Gasteiger partial charge in [0.25, 0.3) is 0 Å². The Kier molecular flexibility index (Phi) is 2.87. The molecule has 0 spiro atoms. The molecule has 1 saturated heterocycles. The summed E-state index contributed by atoms with van der Waals surface area (Å²) in [6.45, 7) is 8.48. The van der Waals surface area contributed by atoms with Crippen molar-refractivity contribution in [3.8, 4) is 0 Å². The molecule has 1 saturated carbocycles. The molecule has 3 heteroatoms. The smallest absolute Gasteiger partial charge is 0.142 e. The van der Waals surface area contributed by atoms with Gasteiger partial charge in [-0.2, -0.15) is 0 Å². The van der Waals surface area contributed by atoms with Crippen molar-refractivity contribution in [3.63, 3.8) is 0 Å². The van der Waals surface area contributed by atoms with Gasteiger partial charge in [-0.3, -0.25) is 9.69 Å². The van der Waals surface area contributed by atoms with Crippen molar-refractivity contribution in [3.05, 3.63) is 0 Å². The molecule has 0 aromatic carbocycles. The van der Waals surface area contributed by atoms with Gasteiger partial charge in [-0.25, -0.2) is 0 Å². The third-order valence-corrected chi connectivity index (χ3v) is 4.17. The first-order chi connectivity index (χ1) is 7.30. The van der Waals surface area contributed by atoms with Gasteiger partial charge in [-0.1, -0.05) is 13.8 Å². The number of hydrogen-bond acceptors (Lipinski definition) is 3. The summed E-state index contributed by atoms with van der Waals surface area (Å²) in [7, 11) is 0. The van der Waals surface area contributed by atoms with E-state index in [0.717, 1.165) is 38.9 Å². The molecule has 16 heavy (non-hydrogen) atoms. The van der Waals surface area contributed by atoms with E-state index in [2.05, 4.69) is 18.7 Å². The number of Topliss-reactive ketones (excluding diaryl/α,β-unsaturated/α-hetero) is 1. The van der Waals surface area contributed by atoms with Crippen LogP contribution >= 0.6 is 0 Å². The molecule has 0 bridgehead atoms. The molecule has 0 amide bonds. The van der Waals surface area contributed by atoms with Crippen molar-refractivity contribution >= 4 is 5.78 Å². The Labute approximate surface area is 97.8 Å². The van der Waals surface area contributed by atoms with Crippen molar-refractivity contribution in [2.24, 2.45) is 11.3 Å². The van der Waals surface area contributed by atoms with Gasteiger partial charge >= 0.3 is 0 Å². The Hall–Kier alpha value is -0.410. The van der Waals surface area contributed by atoms with Gasteiger partial charge in [0, 0.05) is 31.0 Å². The van der Waals surface area contributed by atoms with Crippen molar-refractivity contribution in [2.75, 3.05) is 19.6 Å². The molecule has 1 N–H and O–H groups in total. The third kappa shape index (κ3) is 2.30. The van der Waals surface area contributed by atoms with E-state index in [1.165, 1.54) is 0 Å². The zero-order chi connectivity index (χ0) is 12.0. The molecule has 2 unspecified atom stereocenters. The number of carbonyl (C=O) groups is 1. The number of rotatable bonds is 2. The average Bonchev–Trinajstić information content (AvgIpc) is 2.61. The number of ketones is 1. The quantitative estimate of drug-likeness (QED) is 0.773. The van der Waals surface area contributed by atoms with E-state index in [4.69, 9.17) is 0 Å². The number of aliphatic hydroxyl groups is 1. The molecule has 2 aliphatic rings. The van der Waals surface area contributed by atoms with Gasteiger partial charge in [-0.05, 0) is 26.2 Å². The lowest BCUT2D eigenvalue weighted by atomic mass is 9.89. The van der Waals surface area contributed by atoms with Crippen LogP contribution in [-0.4, -0.2) is 41.0 Å². The Bertz CT molecular complexity index is 296. The predicted molar refractivity (Wildman–Crippen MR) is 63.2 cm³/mol. The van der Waals surface area contributed by atoms with Gasteiger partial charge < -0.3 is 5.11 Å². The highest BCUT2D eigenvalue weighted by Crippen LogP contribution is 2.38. The first kappa shape index (κ1) is 12.1. The monoisotopic (exact) mass is 225 g/mol. The Morgan fingerprint density at radius 1 is 1.38 bits per heavy atom. The second-order valence-electron chi connectivity index (χ2n) is 6.47. The van der Waals surface area contributed by atoms with Crippen LogP contribution in [-0.2, 0) is 4.79 Å². The number of hydrogen-bond donors (Lipinski definition) is 1. The van der Waals surface area contributed by atoms with Gasteiger partial charge in [0.2, 0.25) is 0 Å². The molecule has 2 atom stereocenters. The highest BCUT2D eigenvalue weighted by Gasteiger charge is 2.42. The zero-order valence-corrected chi connectivity index (χ0v) is 10.6. The van der Waals surface area contributed by atoms with Crippen molar-refractivity contribution in [1.29, 1.82) is 0 Å². The van der Waals surface area contributed by atoms with E-state index in [9.17, 15) is 9.90 Å². The van der Waals surface area contributed by atoms with Crippen LogP contribution in [0.4, 0.5) is 0 Å². The second kappa shape index (κ2) is 3.81. The summed E-state index contributed by atoms with van der Waals surface area (Å²) in [6, 6.07) is 0. The van der Waals surface area contributed by atoms with Gasteiger partial charge in [0.1, 0.15) is 5.78 Å². The molecule has 0 radical (unpaired) electrons. The van der Waals surface area contributed by atoms with Gasteiger partial charge in [0.05, 0.1) is 5.60 Å². The standard InChI is InChI=1S/C13H23NO2/c1-12(2)5-4-10(11(12)15)8-14-7-6-13(3,16)9-14/h10,16H,4-9H2,1-3H3. The van der Waals surface area contributed by atoms with Crippen LogP contribution < -0.4 is 0 Å². The highest BCUT2D eigenvalue weighted by molar-refractivity contribution is 5.88. The van der Waals surface area contributed by atoms with Crippen LogP contribution in [0.15, 0.2) is 0 Å². The minimum absolute atomic E-state index is 0.118. The molecule has 2 fully saturated rings. The molecule has 1 aliphatic carbocycles. The summed E-state index contributed by atoms with van der Waals surface area (Å²) in [6.07, 6.45) is 2.86. The van der Waals surface area contributed by atoms with E-state index in [0.29, 0.717) is 5.78 Å². The predicted octanol–water partition coefficient (Wildman–Crippen LogP) is 1.45. The summed E-state index contributed by atoms with van der Waals surface area (Å²) in [5.41, 5.74) is -0.663. The van der Waals surface area contributed by atoms with E-state index in [1.54, 1.807) is 0 Å². The normalized spacial score (nSPS) is 39.5. The fourth-order valence-corrected chi connectivity index (χ4v) is 3.02. The minimum atomic E-state index is -0.544. The fraction of sp³-hybridized carbons (Fsp3) is 0.923. The molecule has 0 aromatic rings. The Morgan fingerprint density at radius 2 is 2.06 bits per heavy atom. The SMILES string of the molecule is CC1(O)CCN(CC2CCC(C)(C)C2=O)C1. The van der Waals surface area contributed by atoms with Gasteiger partial charge in [-0.15, -0.1) is 0 Å². The van der Waals surface area contributed by atoms with Crippen LogP contribution in [0.2, 0.25) is 0 Å². The van der Waals surface area contributed by atoms with Crippen LogP contribution in [0, 0.1) is 11.3 Å². The maximum Gasteiger partial charge on any atom is 0.142 e. The molecule has 2 rings (SSSR count). The minimum Gasteiger partial charge on any atom is -0.389 e. The molecule has 92 valence electrons. The summed E-state index contributed by atoms with van der Waals surface area (Å²) >= 11 is 0. The van der Waals surface area contributed by atoms with Crippen molar-refractivity contribution in [1.82, 2.24) is 4.90 Å². The van der Waals surface area contributed by atoms with Crippen LogP contribution in [0.3, 0.4) is 0 Å². The number of nitrogens with zero attached hydrogens (tertiary/aromatic N) is 1. The van der Waals surface area contributed by atoms with Crippen LogP contribution in [0.25, 0.3) is 0 Å². The van der Waals surface area contributed by atoms with E-state index < -0.39 is 5.60 Å². The number of β-amino-alcohol motifs (C(OH)–C–C–N with tert-alkyl or cyclic N) is 1.